The minimum atomic E-state index is -0.543. The molecule has 0 spiro atoms. The SMILES string of the molecule is O=C(OCC#CCSc1nnnn1-c1ccc(Cl)cc1)c1ccco1. The molecule has 0 N–H and O–H groups in total. The molecule has 3 aromatic rings. The number of halogens is 1. The highest BCUT2D eigenvalue weighted by atomic mass is 35.5. The molecule has 2 aromatic heterocycles. The van der Waals surface area contributed by atoms with Gasteiger partial charge in [0.25, 0.3) is 0 Å². The second-order valence-corrected chi connectivity index (χ2v) is 5.92. The molecule has 0 saturated carbocycles. The van der Waals surface area contributed by atoms with Crippen LogP contribution in [0.5, 0.6) is 0 Å². The molecule has 0 amide bonds. The zero-order valence-electron chi connectivity index (χ0n) is 12.8. The first-order chi connectivity index (χ1) is 12.2. The van der Waals surface area contributed by atoms with Gasteiger partial charge in [-0.25, -0.2) is 4.79 Å². The Balaban J connectivity index is 1.50. The molecule has 0 unspecified atom stereocenters. The van der Waals surface area contributed by atoms with Crippen LogP contribution in [0, 0.1) is 11.8 Å². The highest BCUT2D eigenvalue weighted by Gasteiger charge is 2.09. The van der Waals surface area contributed by atoms with Gasteiger partial charge in [-0.2, -0.15) is 4.68 Å². The van der Waals surface area contributed by atoms with Crippen LogP contribution in [0.1, 0.15) is 10.6 Å². The average Bonchev–Trinajstić information content (AvgIpc) is 3.30. The quantitative estimate of drug-likeness (QED) is 0.385. The van der Waals surface area contributed by atoms with Gasteiger partial charge in [-0.3, -0.25) is 0 Å². The highest BCUT2D eigenvalue weighted by molar-refractivity contribution is 7.99. The second-order valence-electron chi connectivity index (χ2n) is 4.55. The number of hydrogen-bond donors (Lipinski definition) is 0. The molecule has 0 aliphatic rings. The topological polar surface area (TPSA) is 83.0 Å². The van der Waals surface area contributed by atoms with Crippen molar-refractivity contribution in [1.82, 2.24) is 20.2 Å². The second kappa shape index (κ2) is 8.37. The van der Waals surface area contributed by atoms with E-state index in [-0.39, 0.29) is 12.4 Å². The molecule has 9 heteroatoms. The van der Waals surface area contributed by atoms with Crippen molar-refractivity contribution < 1.29 is 13.9 Å². The first-order valence-corrected chi connectivity index (χ1v) is 8.44. The fourth-order valence-electron chi connectivity index (χ4n) is 1.78. The van der Waals surface area contributed by atoms with Gasteiger partial charge in [0.2, 0.25) is 10.9 Å². The van der Waals surface area contributed by atoms with Crippen molar-refractivity contribution >= 4 is 29.3 Å². The zero-order chi connectivity index (χ0) is 17.5. The van der Waals surface area contributed by atoms with Gasteiger partial charge in [-0.15, -0.1) is 5.10 Å². The van der Waals surface area contributed by atoms with Crippen molar-refractivity contribution in [3.8, 4) is 17.5 Å². The predicted octanol–water partition coefficient (Wildman–Crippen LogP) is 2.86. The monoisotopic (exact) mass is 374 g/mol. The predicted molar refractivity (Wildman–Crippen MR) is 91.7 cm³/mol. The summed E-state index contributed by atoms with van der Waals surface area (Å²) in [7, 11) is 0. The summed E-state index contributed by atoms with van der Waals surface area (Å²) in [5.74, 6) is 5.70. The van der Waals surface area contributed by atoms with Crippen molar-refractivity contribution in [3.05, 3.63) is 53.4 Å². The summed E-state index contributed by atoms with van der Waals surface area (Å²) in [4.78, 5) is 11.5. The molecule has 7 nitrogen and oxygen atoms in total. The van der Waals surface area contributed by atoms with Gasteiger partial charge in [0.1, 0.15) is 0 Å². The zero-order valence-corrected chi connectivity index (χ0v) is 14.3. The van der Waals surface area contributed by atoms with Gasteiger partial charge in [0, 0.05) is 5.02 Å². The van der Waals surface area contributed by atoms with E-state index >= 15 is 0 Å². The Morgan fingerprint density at radius 3 is 2.88 bits per heavy atom. The van der Waals surface area contributed by atoms with E-state index in [2.05, 4.69) is 27.4 Å². The van der Waals surface area contributed by atoms with Crippen LogP contribution < -0.4 is 0 Å². The van der Waals surface area contributed by atoms with Crippen LogP contribution in [-0.2, 0) is 4.74 Å². The number of carbonyl (C=O) groups is 1. The molecule has 0 aliphatic heterocycles. The number of furan rings is 1. The summed E-state index contributed by atoms with van der Waals surface area (Å²) in [6.45, 7) is -0.0117. The first kappa shape index (κ1) is 17.1. The Kier molecular flexibility index (Phi) is 5.72. The van der Waals surface area contributed by atoms with Gasteiger partial charge >= 0.3 is 5.97 Å². The fraction of sp³-hybridized carbons (Fsp3) is 0.125. The average molecular weight is 375 g/mol. The van der Waals surface area contributed by atoms with E-state index < -0.39 is 5.97 Å². The van der Waals surface area contributed by atoms with E-state index in [1.54, 1.807) is 22.9 Å². The van der Waals surface area contributed by atoms with Crippen LogP contribution in [0.3, 0.4) is 0 Å². The van der Waals surface area contributed by atoms with Crippen LogP contribution >= 0.6 is 23.4 Å². The lowest BCUT2D eigenvalue weighted by Crippen LogP contribution is -2.03. The Morgan fingerprint density at radius 1 is 1.28 bits per heavy atom. The lowest BCUT2D eigenvalue weighted by atomic mass is 10.3. The van der Waals surface area contributed by atoms with Crippen LogP contribution in [0.15, 0.2) is 52.2 Å². The van der Waals surface area contributed by atoms with Crippen molar-refractivity contribution in [3.63, 3.8) is 0 Å². The number of carbonyl (C=O) groups excluding carboxylic acids is 1. The number of esters is 1. The highest BCUT2D eigenvalue weighted by Crippen LogP contribution is 2.19. The molecule has 0 fully saturated rings. The van der Waals surface area contributed by atoms with Gasteiger partial charge in [-0.05, 0) is 46.8 Å². The number of benzene rings is 1. The van der Waals surface area contributed by atoms with Crippen LogP contribution in [0.25, 0.3) is 5.69 Å². The Hall–Kier alpha value is -2.76. The maximum atomic E-state index is 11.5. The lowest BCUT2D eigenvalue weighted by molar-refractivity contribution is 0.0520. The third-order valence-corrected chi connectivity index (χ3v) is 3.96. The van der Waals surface area contributed by atoms with Gasteiger partial charge < -0.3 is 9.15 Å². The molecule has 0 aliphatic carbocycles. The minimum Gasteiger partial charge on any atom is -0.457 e. The summed E-state index contributed by atoms with van der Waals surface area (Å²) in [6.07, 6.45) is 1.41. The van der Waals surface area contributed by atoms with E-state index in [1.807, 2.05) is 12.1 Å². The molecule has 0 bridgehead atoms. The summed E-state index contributed by atoms with van der Waals surface area (Å²) >= 11 is 7.24. The van der Waals surface area contributed by atoms with Crippen molar-refractivity contribution in [2.75, 3.05) is 12.4 Å². The van der Waals surface area contributed by atoms with Gasteiger partial charge in [0.15, 0.2) is 6.61 Å². The third kappa shape index (κ3) is 4.62. The summed E-state index contributed by atoms with van der Waals surface area (Å²) in [5, 5.41) is 12.8. The minimum absolute atomic E-state index is 0.0117. The molecular formula is C16H11ClN4O3S. The number of aromatic nitrogens is 4. The molecular weight excluding hydrogens is 364 g/mol. The maximum Gasteiger partial charge on any atom is 0.375 e. The Morgan fingerprint density at radius 2 is 2.12 bits per heavy atom. The van der Waals surface area contributed by atoms with E-state index in [0.717, 1.165) is 5.69 Å². The largest absolute Gasteiger partial charge is 0.457 e. The van der Waals surface area contributed by atoms with E-state index in [0.29, 0.717) is 15.9 Å². The summed E-state index contributed by atoms with van der Waals surface area (Å²) < 4.78 is 11.5. The Bertz CT molecular complexity index is 898. The molecule has 126 valence electrons. The number of nitrogens with zero attached hydrogens (tertiary/aromatic N) is 4. The van der Waals surface area contributed by atoms with Crippen molar-refractivity contribution in [1.29, 1.82) is 0 Å². The van der Waals surface area contributed by atoms with Crippen LogP contribution in [-0.4, -0.2) is 38.5 Å². The van der Waals surface area contributed by atoms with Crippen molar-refractivity contribution in [2.24, 2.45) is 0 Å². The third-order valence-electron chi connectivity index (χ3n) is 2.91. The van der Waals surface area contributed by atoms with E-state index in [1.165, 1.54) is 24.1 Å². The molecule has 0 saturated heterocycles. The van der Waals surface area contributed by atoms with Crippen molar-refractivity contribution in [2.45, 2.75) is 5.16 Å². The van der Waals surface area contributed by atoms with Crippen LogP contribution in [0.2, 0.25) is 5.02 Å². The van der Waals surface area contributed by atoms with E-state index in [9.17, 15) is 4.79 Å². The van der Waals surface area contributed by atoms with E-state index in [4.69, 9.17) is 20.8 Å². The van der Waals surface area contributed by atoms with Gasteiger partial charge in [-0.1, -0.05) is 35.2 Å². The number of rotatable bonds is 5. The number of ether oxygens (including phenoxy) is 1. The smallest absolute Gasteiger partial charge is 0.375 e. The maximum absolute atomic E-state index is 11.5. The Labute approximate surface area is 152 Å². The molecule has 2 heterocycles. The molecule has 0 radical (unpaired) electrons. The lowest BCUT2D eigenvalue weighted by Gasteiger charge is -2.02. The summed E-state index contributed by atoms with van der Waals surface area (Å²) in [6, 6.07) is 10.3. The molecule has 3 rings (SSSR count). The van der Waals surface area contributed by atoms with Gasteiger partial charge in [0.05, 0.1) is 17.7 Å². The summed E-state index contributed by atoms with van der Waals surface area (Å²) in [5.41, 5.74) is 0.803. The standard InChI is InChI=1S/C16H11ClN4O3S/c17-12-5-7-13(8-6-12)21-16(18-19-20-21)25-11-2-1-9-24-15(22)14-4-3-10-23-14/h3-8,10H,9,11H2. The normalized spacial score (nSPS) is 10.1. The molecule has 1 aromatic carbocycles. The fourth-order valence-corrected chi connectivity index (χ4v) is 2.57. The number of tetrazole rings is 1. The number of thioether (sulfide) groups is 1. The first-order valence-electron chi connectivity index (χ1n) is 7.07. The molecule has 25 heavy (non-hydrogen) atoms. The molecule has 0 atom stereocenters. The number of hydrogen-bond acceptors (Lipinski definition) is 7. The van der Waals surface area contributed by atoms with Crippen LogP contribution in [0.4, 0.5) is 0 Å².